The highest BCUT2D eigenvalue weighted by Gasteiger charge is 2.34. The van der Waals surface area contributed by atoms with Gasteiger partial charge in [0.05, 0.1) is 21.8 Å². The molecule has 0 saturated heterocycles. The summed E-state index contributed by atoms with van der Waals surface area (Å²) in [6.45, 7) is 0. The minimum atomic E-state index is -4.54. The van der Waals surface area contributed by atoms with Gasteiger partial charge in [0.15, 0.2) is 5.15 Å². The average molecular weight is 279 g/mol. The van der Waals surface area contributed by atoms with E-state index in [1.54, 1.807) is 17.5 Å². The zero-order valence-corrected chi connectivity index (χ0v) is 9.83. The Bertz CT molecular complexity index is 537. The number of hydrogen-bond acceptors (Lipinski definition) is 3. The van der Waals surface area contributed by atoms with Crippen LogP contribution in [0, 0.1) is 0 Å². The Morgan fingerprint density at radius 1 is 1.35 bits per heavy atom. The third-order valence-corrected chi connectivity index (χ3v) is 3.27. The van der Waals surface area contributed by atoms with Crippen molar-refractivity contribution < 1.29 is 13.2 Å². The van der Waals surface area contributed by atoms with Crippen molar-refractivity contribution in [2.45, 2.75) is 6.18 Å². The molecule has 0 atom stereocenters. The number of halogens is 4. The van der Waals surface area contributed by atoms with Crippen molar-refractivity contribution in [3.63, 3.8) is 0 Å². The lowest BCUT2D eigenvalue weighted by Crippen LogP contribution is -2.10. The van der Waals surface area contributed by atoms with Crippen molar-refractivity contribution in [1.82, 2.24) is 4.98 Å². The maximum absolute atomic E-state index is 12.7. The number of alkyl halides is 3. The van der Waals surface area contributed by atoms with Crippen LogP contribution in [0.1, 0.15) is 5.56 Å². The number of hydrogen-bond donors (Lipinski definition) is 1. The zero-order valence-electron chi connectivity index (χ0n) is 8.25. The van der Waals surface area contributed by atoms with E-state index in [-0.39, 0.29) is 10.8 Å². The molecule has 0 unspecified atom stereocenters. The molecule has 2 nitrogen and oxygen atoms in total. The quantitative estimate of drug-likeness (QED) is 0.799. The number of anilines is 1. The molecule has 2 N–H and O–H groups in total. The summed E-state index contributed by atoms with van der Waals surface area (Å²) in [4.78, 5) is 4.45. The summed E-state index contributed by atoms with van der Waals surface area (Å²) in [6, 6.07) is 4.30. The fraction of sp³-hybridized carbons (Fsp3) is 0.100. The highest BCUT2D eigenvalue weighted by atomic mass is 35.5. The molecule has 2 rings (SSSR count). The molecule has 2 aromatic heterocycles. The normalized spacial score (nSPS) is 11.8. The maximum atomic E-state index is 12.7. The first-order valence-corrected chi connectivity index (χ1v) is 5.72. The van der Waals surface area contributed by atoms with Gasteiger partial charge in [-0.25, -0.2) is 4.98 Å². The number of nitrogens with two attached hydrogens (primary N) is 1. The fourth-order valence-corrected chi connectivity index (χ4v) is 2.19. The Morgan fingerprint density at radius 3 is 2.59 bits per heavy atom. The summed E-state index contributed by atoms with van der Waals surface area (Å²) in [5.41, 5.74) is 3.95. The van der Waals surface area contributed by atoms with Crippen LogP contribution in [0.2, 0.25) is 5.15 Å². The lowest BCUT2D eigenvalue weighted by atomic mass is 10.1. The van der Waals surface area contributed by atoms with Gasteiger partial charge in [-0.2, -0.15) is 13.2 Å². The van der Waals surface area contributed by atoms with Gasteiger partial charge in [0, 0.05) is 0 Å². The van der Waals surface area contributed by atoms with E-state index < -0.39 is 17.4 Å². The second-order valence-corrected chi connectivity index (χ2v) is 4.54. The van der Waals surface area contributed by atoms with Gasteiger partial charge in [-0.15, -0.1) is 11.3 Å². The molecule has 17 heavy (non-hydrogen) atoms. The minimum absolute atomic E-state index is 0.173. The number of aromatic nitrogens is 1. The highest BCUT2D eigenvalue weighted by Crippen LogP contribution is 2.39. The molecule has 0 aliphatic carbocycles. The second kappa shape index (κ2) is 4.19. The minimum Gasteiger partial charge on any atom is -0.396 e. The number of rotatable bonds is 1. The number of thiophene rings is 1. The second-order valence-electron chi connectivity index (χ2n) is 3.23. The van der Waals surface area contributed by atoms with Gasteiger partial charge in [0.2, 0.25) is 0 Å². The van der Waals surface area contributed by atoms with Crippen molar-refractivity contribution in [3.8, 4) is 10.6 Å². The van der Waals surface area contributed by atoms with E-state index in [1.165, 1.54) is 11.3 Å². The molecule has 0 aliphatic rings. The summed E-state index contributed by atoms with van der Waals surface area (Å²) in [7, 11) is 0. The molecule has 0 aliphatic heterocycles. The molecule has 0 aromatic carbocycles. The number of nitrogen functional groups attached to an aromatic ring is 1. The van der Waals surface area contributed by atoms with Gasteiger partial charge < -0.3 is 5.73 Å². The first-order chi connectivity index (χ1) is 7.89. The smallest absolute Gasteiger partial charge is 0.396 e. The van der Waals surface area contributed by atoms with Crippen LogP contribution in [0.3, 0.4) is 0 Å². The van der Waals surface area contributed by atoms with Crippen molar-refractivity contribution in [1.29, 1.82) is 0 Å². The van der Waals surface area contributed by atoms with E-state index in [0.29, 0.717) is 4.88 Å². The van der Waals surface area contributed by atoms with Gasteiger partial charge in [-0.05, 0) is 17.5 Å². The van der Waals surface area contributed by atoms with E-state index in [2.05, 4.69) is 4.98 Å². The molecule has 7 heteroatoms. The lowest BCUT2D eigenvalue weighted by Gasteiger charge is -2.12. The van der Waals surface area contributed by atoms with Gasteiger partial charge in [-0.3, -0.25) is 0 Å². The van der Waals surface area contributed by atoms with Crippen LogP contribution in [-0.4, -0.2) is 4.98 Å². The SMILES string of the molecule is Nc1c(C(F)(F)F)cc(-c2cccs2)nc1Cl. The standard InChI is InChI=1S/C10H6ClF3N2S/c11-9-8(15)5(10(12,13)14)4-6(16-9)7-2-1-3-17-7/h1-4H,15H2. The molecule has 90 valence electrons. The van der Waals surface area contributed by atoms with Crippen LogP contribution in [0.25, 0.3) is 10.6 Å². The van der Waals surface area contributed by atoms with Crippen LogP contribution in [-0.2, 0) is 6.18 Å². The molecule has 2 aromatic rings. The zero-order chi connectivity index (χ0) is 12.6. The summed E-state index contributed by atoms with van der Waals surface area (Å²) >= 11 is 6.89. The van der Waals surface area contributed by atoms with Gasteiger partial charge in [-0.1, -0.05) is 17.7 Å². The Labute approximate surface area is 104 Å². The maximum Gasteiger partial charge on any atom is 0.418 e. The molecule has 0 amide bonds. The van der Waals surface area contributed by atoms with E-state index in [9.17, 15) is 13.2 Å². The first-order valence-electron chi connectivity index (χ1n) is 4.46. The molecular weight excluding hydrogens is 273 g/mol. The number of pyridine rings is 1. The Morgan fingerprint density at radius 2 is 2.06 bits per heavy atom. The monoisotopic (exact) mass is 278 g/mol. The van der Waals surface area contributed by atoms with E-state index >= 15 is 0 Å². The molecule has 2 heterocycles. The van der Waals surface area contributed by atoms with Crippen molar-refractivity contribution in [2.75, 3.05) is 5.73 Å². The van der Waals surface area contributed by atoms with Crippen molar-refractivity contribution in [2.24, 2.45) is 0 Å². The summed E-state index contributed by atoms with van der Waals surface area (Å²) in [6.07, 6.45) is -4.54. The summed E-state index contributed by atoms with van der Waals surface area (Å²) < 4.78 is 38.1. The number of nitrogens with zero attached hydrogens (tertiary/aromatic N) is 1. The third-order valence-electron chi connectivity index (χ3n) is 2.09. The van der Waals surface area contributed by atoms with Crippen molar-refractivity contribution >= 4 is 28.6 Å². The van der Waals surface area contributed by atoms with Crippen LogP contribution < -0.4 is 5.73 Å². The van der Waals surface area contributed by atoms with Gasteiger partial charge >= 0.3 is 6.18 Å². The molecule has 0 radical (unpaired) electrons. The predicted octanol–water partition coefficient (Wildman–Crippen LogP) is 4.06. The van der Waals surface area contributed by atoms with E-state index in [0.717, 1.165) is 6.07 Å². The Kier molecular flexibility index (Phi) is 3.01. The first kappa shape index (κ1) is 12.2. The average Bonchev–Trinajstić information content (AvgIpc) is 2.73. The highest BCUT2D eigenvalue weighted by molar-refractivity contribution is 7.13. The van der Waals surface area contributed by atoms with E-state index in [1.807, 2.05) is 0 Å². The van der Waals surface area contributed by atoms with Crippen molar-refractivity contribution in [3.05, 3.63) is 34.3 Å². The summed E-state index contributed by atoms with van der Waals surface area (Å²) in [5, 5.41) is 1.41. The lowest BCUT2D eigenvalue weighted by molar-refractivity contribution is -0.136. The molecule has 0 fully saturated rings. The van der Waals surface area contributed by atoms with Crippen LogP contribution in [0.5, 0.6) is 0 Å². The molecule has 0 bridgehead atoms. The van der Waals surface area contributed by atoms with E-state index in [4.69, 9.17) is 17.3 Å². The molecular formula is C10H6ClF3N2S. The van der Waals surface area contributed by atoms with Gasteiger partial charge in [0.25, 0.3) is 0 Å². The fourth-order valence-electron chi connectivity index (χ4n) is 1.31. The van der Waals surface area contributed by atoms with Crippen LogP contribution in [0.4, 0.5) is 18.9 Å². The Hall–Kier alpha value is -1.27. The largest absolute Gasteiger partial charge is 0.418 e. The summed E-state index contributed by atoms with van der Waals surface area (Å²) in [5.74, 6) is 0. The molecule has 0 spiro atoms. The predicted molar refractivity (Wildman–Crippen MR) is 62.0 cm³/mol. The van der Waals surface area contributed by atoms with Crippen LogP contribution in [0.15, 0.2) is 23.6 Å². The topological polar surface area (TPSA) is 38.9 Å². The molecule has 0 saturated carbocycles. The third kappa shape index (κ3) is 2.37. The van der Waals surface area contributed by atoms with Crippen LogP contribution >= 0.6 is 22.9 Å². The van der Waals surface area contributed by atoms with Gasteiger partial charge in [0.1, 0.15) is 0 Å². The Balaban J connectivity index is 2.62.